The predicted molar refractivity (Wildman–Crippen MR) is 112 cm³/mol. The zero-order chi connectivity index (χ0) is 23.8. The number of amides is 1. The Hall–Kier alpha value is -2.37. The zero-order valence-corrected chi connectivity index (χ0v) is 19.4. The van der Waals surface area contributed by atoms with Gasteiger partial charge >= 0.3 is 12.1 Å². The number of hydrogen-bond acceptors (Lipinski definition) is 9. The van der Waals surface area contributed by atoms with Crippen molar-refractivity contribution in [3.63, 3.8) is 0 Å². The molecule has 31 heavy (non-hydrogen) atoms. The largest absolute Gasteiger partial charge is 0.497 e. The number of ether oxygens (including phenoxy) is 3. The van der Waals surface area contributed by atoms with E-state index < -0.39 is 52.6 Å². The van der Waals surface area contributed by atoms with E-state index in [1.807, 2.05) is 0 Å². The van der Waals surface area contributed by atoms with Crippen LogP contribution in [0.25, 0.3) is 0 Å². The van der Waals surface area contributed by atoms with E-state index in [1.54, 1.807) is 45.0 Å². The first-order chi connectivity index (χ1) is 14.2. The van der Waals surface area contributed by atoms with Crippen molar-refractivity contribution in [3.8, 4) is 5.75 Å². The van der Waals surface area contributed by atoms with E-state index in [2.05, 4.69) is 9.50 Å². The molecule has 0 aliphatic rings. The molecule has 0 unspecified atom stereocenters. The number of alkyl carbamates (subject to hydrolysis) is 1. The summed E-state index contributed by atoms with van der Waals surface area (Å²) in [6.07, 6.45) is -2.68. The van der Waals surface area contributed by atoms with Crippen LogP contribution < -0.4 is 10.1 Å². The molecule has 0 aliphatic heterocycles. The third-order valence-electron chi connectivity index (χ3n) is 3.85. The predicted octanol–water partition coefficient (Wildman–Crippen LogP) is 1.40. The highest BCUT2D eigenvalue weighted by molar-refractivity contribution is 7.85. The van der Waals surface area contributed by atoms with Crippen molar-refractivity contribution in [2.45, 2.75) is 58.0 Å². The summed E-state index contributed by atoms with van der Waals surface area (Å²) >= 11 is 0. The van der Waals surface area contributed by atoms with Gasteiger partial charge in [0.1, 0.15) is 17.5 Å². The summed E-state index contributed by atoms with van der Waals surface area (Å²) in [6.45, 7) is 5.52. The topological polar surface area (TPSA) is 137 Å². The lowest BCUT2D eigenvalue weighted by molar-refractivity contribution is -0.156. The minimum Gasteiger partial charge on any atom is -0.497 e. The monoisotopic (exact) mass is 461 g/mol. The van der Waals surface area contributed by atoms with Crippen LogP contribution in [-0.2, 0) is 35.0 Å². The Morgan fingerprint density at radius 2 is 1.74 bits per heavy atom. The van der Waals surface area contributed by atoms with Crippen molar-refractivity contribution in [3.05, 3.63) is 29.8 Å². The van der Waals surface area contributed by atoms with E-state index in [0.717, 1.165) is 18.7 Å². The van der Waals surface area contributed by atoms with Crippen LogP contribution in [0.15, 0.2) is 24.3 Å². The summed E-state index contributed by atoms with van der Waals surface area (Å²) in [6, 6.07) is 5.96. The fourth-order valence-corrected chi connectivity index (χ4v) is 3.02. The molecule has 1 aromatic carbocycles. The van der Waals surface area contributed by atoms with Gasteiger partial charge in [-0.2, -0.15) is 8.42 Å². The number of carbonyl (C=O) groups is 2. The Morgan fingerprint density at radius 3 is 2.19 bits per heavy atom. The van der Waals surface area contributed by atoms with Gasteiger partial charge in [0, 0.05) is 6.92 Å². The molecule has 0 aliphatic carbocycles. The number of hydrogen-bond donors (Lipinski definition) is 2. The van der Waals surface area contributed by atoms with Gasteiger partial charge in [0.15, 0.2) is 6.10 Å². The van der Waals surface area contributed by atoms with Gasteiger partial charge in [-0.15, -0.1) is 0 Å². The normalized spacial score (nSPS) is 14.8. The van der Waals surface area contributed by atoms with E-state index >= 15 is 0 Å². The maximum Gasteiger partial charge on any atom is 0.408 e. The molecule has 0 radical (unpaired) electrons. The fraction of sp³-hybridized carbons (Fsp3) is 0.600. The van der Waals surface area contributed by atoms with Crippen LogP contribution in [0, 0.1) is 0 Å². The van der Waals surface area contributed by atoms with Crippen LogP contribution in [0.2, 0.25) is 0 Å². The number of carbonyl (C=O) groups excluding carboxylic acids is 2. The highest BCUT2D eigenvalue weighted by Gasteiger charge is 2.34. The summed E-state index contributed by atoms with van der Waals surface area (Å²) in [5.74, 6) is -0.104. The molecule has 3 atom stereocenters. The molecular formula is C20H31NO9S. The second-order valence-corrected chi connectivity index (χ2v) is 9.58. The van der Waals surface area contributed by atoms with Crippen molar-refractivity contribution >= 4 is 22.2 Å². The highest BCUT2D eigenvalue weighted by Crippen LogP contribution is 2.18. The third kappa shape index (κ3) is 11.0. The fourth-order valence-electron chi connectivity index (χ4n) is 2.63. The molecule has 0 spiro atoms. The van der Waals surface area contributed by atoms with Crippen molar-refractivity contribution < 1.29 is 41.5 Å². The minimum absolute atomic E-state index is 0.136. The van der Waals surface area contributed by atoms with Crippen LogP contribution in [0.4, 0.5) is 4.79 Å². The first-order valence-electron chi connectivity index (χ1n) is 9.52. The Bertz CT molecular complexity index is 831. The van der Waals surface area contributed by atoms with E-state index in [4.69, 9.17) is 14.2 Å². The molecule has 0 bridgehead atoms. The van der Waals surface area contributed by atoms with Crippen molar-refractivity contribution in [2.24, 2.45) is 0 Å². The molecule has 1 aromatic rings. The molecule has 0 aromatic heterocycles. The smallest absolute Gasteiger partial charge is 0.408 e. The molecule has 0 saturated heterocycles. The van der Waals surface area contributed by atoms with Crippen molar-refractivity contribution in [1.29, 1.82) is 0 Å². The molecule has 176 valence electrons. The summed E-state index contributed by atoms with van der Waals surface area (Å²) in [4.78, 5) is 24.0. The first kappa shape index (κ1) is 26.7. The first-order valence-corrected chi connectivity index (χ1v) is 11.3. The molecule has 11 heteroatoms. The Morgan fingerprint density at radius 1 is 1.16 bits per heavy atom. The zero-order valence-electron chi connectivity index (χ0n) is 18.6. The Balaban J connectivity index is 3.17. The molecule has 1 amide bonds. The van der Waals surface area contributed by atoms with Gasteiger partial charge in [0.25, 0.3) is 10.1 Å². The molecule has 2 N–H and O–H groups in total. The van der Waals surface area contributed by atoms with E-state index in [0.29, 0.717) is 5.75 Å². The van der Waals surface area contributed by atoms with Gasteiger partial charge in [-0.25, -0.2) is 4.79 Å². The summed E-state index contributed by atoms with van der Waals surface area (Å²) < 4.78 is 42.9. The van der Waals surface area contributed by atoms with Gasteiger partial charge in [-0.1, -0.05) is 12.1 Å². The number of aliphatic hydroxyl groups excluding tert-OH is 1. The maximum atomic E-state index is 12.4. The number of benzene rings is 1. The summed E-state index contributed by atoms with van der Waals surface area (Å²) in [5, 5.41) is 13.1. The molecule has 0 heterocycles. The average Bonchev–Trinajstić information content (AvgIpc) is 2.62. The molecule has 10 nitrogen and oxygen atoms in total. The lowest BCUT2D eigenvalue weighted by Gasteiger charge is -2.31. The third-order valence-corrected chi connectivity index (χ3v) is 4.41. The van der Waals surface area contributed by atoms with Gasteiger partial charge in [-0.3, -0.25) is 8.98 Å². The molecule has 1 rings (SSSR count). The lowest BCUT2D eigenvalue weighted by atomic mass is 9.97. The maximum absolute atomic E-state index is 12.4. The van der Waals surface area contributed by atoms with Gasteiger partial charge in [0.05, 0.1) is 26.0 Å². The van der Waals surface area contributed by atoms with Crippen LogP contribution in [0.3, 0.4) is 0 Å². The quantitative estimate of drug-likeness (QED) is 0.391. The van der Waals surface area contributed by atoms with Crippen LogP contribution >= 0.6 is 0 Å². The number of esters is 1. The van der Waals surface area contributed by atoms with Gasteiger partial charge in [-0.05, 0) is 44.9 Å². The van der Waals surface area contributed by atoms with Gasteiger partial charge < -0.3 is 24.6 Å². The standard InChI is InChI=1S/C20H31NO9S/c1-13(22)29-18(17(23)12-28-31(6,25)26)16(21-19(24)30-20(2,3)4)11-14-7-9-15(27-5)10-8-14/h7-10,16-18,23H,11-12H2,1-6H3,(H,21,24)/t16-,17+,18+/m1/s1. The second kappa shape index (κ2) is 11.3. The number of nitrogens with one attached hydrogen (secondary N) is 1. The summed E-state index contributed by atoms with van der Waals surface area (Å²) in [5.41, 5.74) is -0.0563. The second-order valence-electron chi connectivity index (χ2n) is 7.93. The summed E-state index contributed by atoms with van der Waals surface area (Å²) in [7, 11) is -2.32. The average molecular weight is 462 g/mol. The molecular weight excluding hydrogens is 430 g/mol. The Labute approximate surface area is 182 Å². The van der Waals surface area contributed by atoms with Crippen LogP contribution in [0.5, 0.6) is 5.75 Å². The van der Waals surface area contributed by atoms with E-state index in [-0.39, 0.29) is 6.42 Å². The van der Waals surface area contributed by atoms with Crippen LogP contribution in [-0.4, -0.2) is 69.4 Å². The highest BCUT2D eigenvalue weighted by atomic mass is 32.2. The number of methoxy groups -OCH3 is 1. The molecule has 0 fully saturated rings. The van der Waals surface area contributed by atoms with Gasteiger partial charge in [0.2, 0.25) is 0 Å². The van der Waals surface area contributed by atoms with E-state index in [9.17, 15) is 23.1 Å². The number of rotatable bonds is 10. The van der Waals surface area contributed by atoms with E-state index in [1.165, 1.54) is 7.11 Å². The SMILES string of the molecule is COc1ccc(C[C@@H](NC(=O)OC(C)(C)C)[C@H](OC(C)=O)[C@@H](O)COS(C)(=O)=O)cc1. The Kier molecular flexibility index (Phi) is 9.72. The van der Waals surface area contributed by atoms with Crippen molar-refractivity contribution in [2.75, 3.05) is 20.0 Å². The lowest BCUT2D eigenvalue weighted by Crippen LogP contribution is -2.53. The number of aliphatic hydroxyl groups is 1. The van der Waals surface area contributed by atoms with Crippen LogP contribution in [0.1, 0.15) is 33.3 Å². The minimum atomic E-state index is -3.85. The molecule has 0 saturated carbocycles. The van der Waals surface area contributed by atoms with Crippen molar-refractivity contribution in [1.82, 2.24) is 5.32 Å².